The van der Waals surface area contributed by atoms with E-state index >= 15 is 0 Å². The predicted molar refractivity (Wildman–Crippen MR) is 84.3 cm³/mol. The third-order valence-electron chi connectivity index (χ3n) is 3.53. The molecule has 2 rings (SSSR count). The maximum absolute atomic E-state index is 5.49. The Labute approximate surface area is 121 Å². The summed E-state index contributed by atoms with van der Waals surface area (Å²) in [5, 5.41) is 3.56. The minimum absolute atomic E-state index is 0.277. The van der Waals surface area contributed by atoms with Crippen LogP contribution in [0.5, 0.6) is 5.75 Å². The molecule has 0 amide bonds. The summed E-state index contributed by atoms with van der Waals surface area (Å²) in [4.78, 5) is 0. The van der Waals surface area contributed by atoms with Gasteiger partial charge in [0.25, 0.3) is 0 Å². The van der Waals surface area contributed by atoms with Crippen LogP contribution in [-0.2, 0) is 6.42 Å². The first-order valence-electron chi connectivity index (χ1n) is 7.16. The first-order chi connectivity index (χ1) is 9.74. The van der Waals surface area contributed by atoms with Crippen molar-refractivity contribution in [2.45, 2.75) is 26.3 Å². The van der Waals surface area contributed by atoms with Crippen molar-refractivity contribution >= 4 is 0 Å². The molecule has 0 aliphatic rings. The zero-order chi connectivity index (χ0) is 14.4. The van der Waals surface area contributed by atoms with Gasteiger partial charge in [-0.1, -0.05) is 55.0 Å². The van der Waals surface area contributed by atoms with Gasteiger partial charge in [-0.15, -0.1) is 0 Å². The van der Waals surface area contributed by atoms with Gasteiger partial charge in [-0.05, 0) is 31.5 Å². The third-order valence-corrected chi connectivity index (χ3v) is 3.53. The zero-order valence-electron chi connectivity index (χ0n) is 12.5. The van der Waals surface area contributed by atoms with E-state index in [-0.39, 0.29) is 6.04 Å². The molecule has 0 radical (unpaired) electrons. The second-order valence-corrected chi connectivity index (χ2v) is 5.04. The summed E-state index contributed by atoms with van der Waals surface area (Å²) in [6.45, 7) is 5.19. The van der Waals surface area contributed by atoms with Gasteiger partial charge in [0.1, 0.15) is 5.75 Å². The molecule has 0 aromatic heterocycles. The fourth-order valence-electron chi connectivity index (χ4n) is 2.45. The van der Waals surface area contributed by atoms with Crippen LogP contribution in [0.15, 0.2) is 48.5 Å². The summed E-state index contributed by atoms with van der Waals surface area (Å²) < 4.78 is 5.49. The molecule has 0 heterocycles. The highest BCUT2D eigenvalue weighted by molar-refractivity contribution is 5.37. The fraction of sp³-hybridized carbons (Fsp3) is 0.333. The van der Waals surface area contributed by atoms with Gasteiger partial charge in [0.05, 0.1) is 7.11 Å². The van der Waals surface area contributed by atoms with E-state index in [0.29, 0.717) is 0 Å². The van der Waals surface area contributed by atoms with Crippen LogP contribution in [0, 0.1) is 6.92 Å². The van der Waals surface area contributed by atoms with Crippen LogP contribution in [0.3, 0.4) is 0 Å². The summed E-state index contributed by atoms with van der Waals surface area (Å²) >= 11 is 0. The molecule has 0 aliphatic carbocycles. The van der Waals surface area contributed by atoms with E-state index in [1.54, 1.807) is 7.11 Å². The van der Waals surface area contributed by atoms with Crippen LogP contribution in [0.1, 0.15) is 29.7 Å². The monoisotopic (exact) mass is 269 g/mol. The zero-order valence-corrected chi connectivity index (χ0v) is 12.5. The number of nitrogens with one attached hydrogen (secondary N) is 1. The number of methoxy groups -OCH3 is 1. The van der Waals surface area contributed by atoms with Crippen molar-refractivity contribution in [1.29, 1.82) is 0 Å². The van der Waals surface area contributed by atoms with Crippen molar-refractivity contribution in [2.75, 3.05) is 13.7 Å². The molecule has 20 heavy (non-hydrogen) atoms. The Bertz CT molecular complexity index is 533. The van der Waals surface area contributed by atoms with Crippen LogP contribution in [0.4, 0.5) is 0 Å². The minimum atomic E-state index is 0.277. The molecule has 0 aliphatic heterocycles. The summed E-state index contributed by atoms with van der Waals surface area (Å²) in [5.74, 6) is 0.950. The largest absolute Gasteiger partial charge is 0.496 e. The molecule has 2 aromatic rings. The lowest BCUT2D eigenvalue weighted by Gasteiger charge is -2.21. The Morgan fingerprint density at radius 2 is 1.75 bits per heavy atom. The van der Waals surface area contributed by atoms with Crippen molar-refractivity contribution in [1.82, 2.24) is 5.32 Å². The van der Waals surface area contributed by atoms with Gasteiger partial charge in [0.2, 0.25) is 0 Å². The number of benzene rings is 2. The summed E-state index contributed by atoms with van der Waals surface area (Å²) in [6.07, 6.45) is 0.967. The highest BCUT2D eigenvalue weighted by Gasteiger charge is 2.15. The van der Waals surface area contributed by atoms with Gasteiger partial charge >= 0.3 is 0 Å². The number of hydrogen-bond donors (Lipinski definition) is 1. The quantitative estimate of drug-likeness (QED) is 0.859. The second-order valence-electron chi connectivity index (χ2n) is 5.04. The Balaban J connectivity index is 2.24. The molecule has 106 valence electrons. The number of ether oxygens (including phenoxy) is 1. The third kappa shape index (κ3) is 3.61. The van der Waals surface area contributed by atoms with E-state index in [2.05, 4.69) is 55.6 Å². The molecule has 2 aromatic carbocycles. The summed E-state index contributed by atoms with van der Waals surface area (Å²) in [6, 6.07) is 17.3. The van der Waals surface area contributed by atoms with Crippen LogP contribution >= 0.6 is 0 Å². The van der Waals surface area contributed by atoms with E-state index in [9.17, 15) is 0 Å². The van der Waals surface area contributed by atoms with Crippen molar-refractivity contribution in [3.63, 3.8) is 0 Å². The number of hydrogen-bond acceptors (Lipinski definition) is 2. The maximum Gasteiger partial charge on any atom is 0.123 e. The average Bonchev–Trinajstić information content (AvgIpc) is 2.49. The Hall–Kier alpha value is -1.80. The first kappa shape index (κ1) is 14.6. The molecule has 1 atom stereocenters. The number of likely N-dealkylation sites (N-methyl/N-ethyl adjacent to an activating group) is 1. The van der Waals surface area contributed by atoms with E-state index < -0.39 is 0 Å². The lowest BCUT2D eigenvalue weighted by molar-refractivity contribution is 0.399. The Kier molecular flexibility index (Phi) is 5.19. The molecule has 0 saturated heterocycles. The van der Waals surface area contributed by atoms with Crippen molar-refractivity contribution in [3.05, 3.63) is 65.2 Å². The van der Waals surface area contributed by atoms with Crippen LogP contribution in [0.2, 0.25) is 0 Å². The van der Waals surface area contributed by atoms with Gasteiger partial charge < -0.3 is 10.1 Å². The molecule has 0 fully saturated rings. The fourth-order valence-corrected chi connectivity index (χ4v) is 2.45. The Morgan fingerprint density at radius 1 is 1.05 bits per heavy atom. The molecule has 1 unspecified atom stereocenters. The standard InChI is InChI=1S/C18H23NO/c1-4-19-17(13-15-11-9-14(2)10-12-15)16-7-5-6-8-18(16)20-3/h5-12,17,19H,4,13H2,1-3H3. The van der Waals surface area contributed by atoms with Crippen LogP contribution < -0.4 is 10.1 Å². The molecular weight excluding hydrogens is 246 g/mol. The number of aryl methyl sites for hydroxylation is 1. The van der Waals surface area contributed by atoms with Crippen LogP contribution in [-0.4, -0.2) is 13.7 Å². The predicted octanol–water partition coefficient (Wildman–Crippen LogP) is 3.90. The number of para-hydroxylation sites is 1. The van der Waals surface area contributed by atoms with Crippen LogP contribution in [0.25, 0.3) is 0 Å². The SMILES string of the molecule is CCNC(Cc1ccc(C)cc1)c1ccccc1OC. The molecule has 2 heteroatoms. The van der Waals surface area contributed by atoms with E-state index in [0.717, 1.165) is 18.7 Å². The topological polar surface area (TPSA) is 21.3 Å². The van der Waals surface area contributed by atoms with Gasteiger partial charge in [-0.25, -0.2) is 0 Å². The minimum Gasteiger partial charge on any atom is -0.496 e. The Morgan fingerprint density at radius 3 is 2.40 bits per heavy atom. The molecule has 2 nitrogen and oxygen atoms in total. The lowest BCUT2D eigenvalue weighted by atomic mass is 9.97. The van der Waals surface area contributed by atoms with Gasteiger partial charge in [0.15, 0.2) is 0 Å². The highest BCUT2D eigenvalue weighted by Crippen LogP contribution is 2.27. The van der Waals surface area contributed by atoms with Crippen molar-refractivity contribution in [3.8, 4) is 5.75 Å². The smallest absolute Gasteiger partial charge is 0.123 e. The first-order valence-corrected chi connectivity index (χ1v) is 7.16. The second kappa shape index (κ2) is 7.11. The van der Waals surface area contributed by atoms with Gasteiger partial charge in [-0.3, -0.25) is 0 Å². The summed E-state index contributed by atoms with van der Waals surface area (Å²) in [5.41, 5.74) is 3.86. The molecular formula is C18H23NO. The summed E-state index contributed by atoms with van der Waals surface area (Å²) in [7, 11) is 1.73. The number of rotatable bonds is 6. The van der Waals surface area contributed by atoms with E-state index in [1.807, 2.05) is 12.1 Å². The van der Waals surface area contributed by atoms with E-state index in [4.69, 9.17) is 4.74 Å². The molecule has 0 spiro atoms. The highest BCUT2D eigenvalue weighted by atomic mass is 16.5. The molecule has 1 N–H and O–H groups in total. The van der Waals surface area contributed by atoms with Gasteiger partial charge in [0, 0.05) is 11.6 Å². The maximum atomic E-state index is 5.49. The van der Waals surface area contributed by atoms with Crippen molar-refractivity contribution in [2.24, 2.45) is 0 Å². The van der Waals surface area contributed by atoms with Crippen molar-refractivity contribution < 1.29 is 4.74 Å². The van der Waals surface area contributed by atoms with E-state index in [1.165, 1.54) is 16.7 Å². The normalized spacial score (nSPS) is 12.2. The average molecular weight is 269 g/mol. The molecule has 0 saturated carbocycles. The molecule has 0 bridgehead atoms. The van der Waals surface area contributed by atoms with Gasteiger partial charge in [-0.2, -0.15) is 0 Å². The lowest BCUT2D eigenvalue weighted by Crippen LogP contribution is -2.23.